The predicted octanol–water partition coefficient (Wildman–Crippen LogP) is 3.07. The van der Waals surface area contributed by atoms with E-state index in [1.165, 1.54) is 5.57 Å². The molecule has 2 aromatic rings. The lowest BCUT2D eigenvalue weighted by molar-refractivity contribution is 0.612. The zero-order valence-electron chi connectivity index (χ0n) is 10.8. The van der Waals surface area contributed by atoms with Gasteiger partial charge in [0.1, 0.15) is 11.8 Å². The van der Waals surface area contributed by atoms with Crippen molar-refractivity contribution in [3.05, 3.63) is 35.5 Å². The van der Waals surface area contributed by atoms with Gasteiger partial charge in [-0.3, -0.25) is 5.10 Å². The maximum atomic E-state index is 9.43. The molecule has 0 atom stereocenters. The first-order chi connectivity index (χ1) is 8.90. The summed E-state index contributed by atoms with van der Waals surface area (Å²) < 4.78 is 0. The summed E-state index contributed by atoms with van der Waals surface area (Å²) in [7, 11) is 0. The first-order valence-corrected chi connectivity index (χ1v) is 6.16. The van der Waals surface area contributed by atoms with Gasteiger partial charge in [-0.2, -0.15) is 10.4 Å². The molecule has 1 aliphatic rings. The standard InChI is InChI=1S/C14H14N4.2ClH/c15-9-12(10-5-7-16-8-6-10)14-11-3-1-2-4-13(11)17-18-14;;/h1-4,16H,5-8H2,(H,17,18);2*1H. The van der Waals surface area contributed by atoms with Gasteiger partial charge < -0.3 is 5.32 Å². The fraction of sp³-hybridized carbons (Fsp3) is 0.286. The number of allylic oxidation sites excluding steroid dienone is 1. The van der Waals surface area contributed by atoms with Crippen LogP contribution in [-0.4, -0.2) is 23.3 Å². The highest BCUT2D eigenvalue weighted by molar-refractivity contribution is 5.94. The molecule has 1 fully saturated rings. The summed E-state index contributed by atoms with van der Waals surface area (Å²) in [5, 5.41) is 21.1. The maximum Gasteiger partial charge on any atom is 0.110 e. The Hall–Kier alpha value is -1.54. The third-order valence-electron chi connectivity index (χ3n) is 3.38. The first-order valence-electron chi connectivity index (χ1n) is 6.16. The number of nitrogens with one attached hydrogen (secondary N) is 2. The molecule has 106 valence electrons. The summed E-state index contributed by atoms with van der Waals surface area (Å²) >= 11 is 0. The minimum Gasteiger partial charge on any atom is -0.316 e. The fourth-order valence-electron chi connectivity index (χ4n) is 2.43. The van der Waals surface area contributed by atoms with Crippen molar-refractivity contribution in [1.82, 2.24) is 15.5 Å². The van der Waals surface area contributed by atoms with Crippen molar-refractivity contribution in [2.75, 3.05) is 13.1 Å². The van der Waals surface area contributed by atoms with Crippen LogP contribution in [-0.2, 0) is 0 Å². The summed E-state index contributed by atoms with van der Waals surface area (Å²) in [6, 6.07) is 10.3. The molecule has 2 N–H and O–H groups in total. The molecule has 3 rings (SSSR count). The minimum atomic E-state index is 0. The van der Waals surface area contributed by atoms with Crippen molar-refractivity contribution in [2.24, 2.45) is 0 Å². The number of hydrogen-bond donors (Lipinski definition) is 2. The van der Waals surface area contributed by atoms with E-state index in [4.69, 9.17) is 0 Å². The fourth-order valence-corrected chi connectivity index (χ4v) is 2.43. The van der Waals surface area contributed by atoms with Gasteiger partial charge >= 0.3 is 0 Å². The number of nitriles is 1. The highest BCUT2D eigenvalue weighted by Crippen LogP contribution is 2.27. The number of hydrogen-bond acceptors (Lipinski definition) is 3. The summed E-state index contributed by atoms with van der Waals surface area (Å²) in [6.45, 7) is 1.89. The number of fused-ring (bicyclic) bond motifs is 1. The molecule has 1 aromatic heterocycles. The SMILES string of the molecule is Cl.Cl.N#CC(=C1CCNCC1)c1n[nH]c2ccccc12. The number of H-pyrrole nitrogens is 1. The number of para-hydroxylation sites is 1. The van der Waals surface area contributed by atoms with Gasteiger partial charge in [-0.1, -0.05) is 18.2 Å². The molecular formula is C14H16Cl2N4. The lowest BCUT2D eigenvalue weighted by atomic mass is 9.96. The minimum absolute atomic E-state index is 0. The van der Waals surface area contributed by atoms with Crippen LogP contribution in [0.4, 0.5) is 0 Å². The number of aromatic nitrogens is 2. The molecule has 2 heterocycles. The van der Waals surface area contributed by atoms with E-state index < -0.39 is 0 Å². The second-order valence-electron chi connectivity index (χ2n) is 4.46. The normalized spacial score (nSPS) is 14.1. The predicted molar refractivity (Wildman–Crippen MR) is 85.2 cm³/mol. The van der Waals surface area contributed by atoms with Crippen LogP contribution in [0.3, 0.4) is 0 Å². The van der Waals surface area contributed by atoms with Gasteiger partial charge in [0.05, 0.1) is 11.1 Å². The van der Waals surface area contributed by atoms with E-state index in [1.807, 2.05) is 24.3 Å². The van der Waals surface area contributed by atoms with Gasteiger partial charge in [0, 0.05) is 5.39 Å². The van der Waals surface area contributed by atoms with Crippen molar-refractivity contribution in [3.63, 3.8) is 0 Å². The number of aromatic amines is 1. The maximum absolute atomic E-state index is 9.43. The molecule has 0 unspecified atom stereocenters. The Morgan fingerprint density at radius 2 is 1.85 bits per heavy atom. The van der Waals surface area contributed by atoms with Gasteiger partial charge in [-0.15, -0.1) is 24.8 Å². The zero-order chi connectivity index (χ0) is 12.4. The molecule has 0 radical (unpaired) electrons. The molecule has 1 aromatic carbocycles. The van der Waals surface area contributed by atoms with E-state index in [2.05, 4.69) is 21.6 Å². The van der Waals surface area contributed by atoms with Crippen LogP contribution < -0.4 is 5.32 Å². The lowest BCUT2D eigenvalue weighted by Crippen LogP contribution is -2.23. The van der Waals surface area contributed by atoms with Gasteiger partial charge in [0.15, 0.2) is 0 Å². The second kappa shape index (κ2) is 7.30. The van der Waals surface area contributed by atoms with E-state index in [9.17, 15) is 5.26 Å². The highest BCUT2D eigenvalue weighted by atomic mass is 35.5. The highest BCUT2D eigenvalue weighted by Gasteiger charge is 2.16. The molecule has 1 saturated heterocycles. The van der Waals surface area contributed by atoms with Gasteiger partial charge in [0.2, 0.25) is 0 Å². The first kappa shape index (κ1) is 16.5. The molecule has 0 amide bonds. The number of benzene rings is 1. The van der Waals surface area contributed by atoms with Crippen LogP contribution in [0.5, 0.6) is 0 Å². The molecule has 0 bridgehead atoms. The number of piperidine rings is 1. The Kier molecular flexibility index (Phi) is 6.03. The van der Waals surface area contributed by atoms with Crippen molar-refractivity contribution in [2.45, 2.75) is 12.8 Å². The average molecular weight is 311 g/mol. The van der Waals surface area contributed by atoms with E-state index in [1.54, 1.807) is 0 Å². The van der Waals surface area contributed by atoms with Crippen LogP contribution >= 0.6 is 24.8 Å². The topological polar surface area (TPSA) is 64.5 Å². The quantitative estimate of drug-likeness (QED) is 0.796. The van der Waals surface area contributed by atoms with Crippen molar-refractivity contribution in [3.8, 4) is 6.07 Å². The third-order valence-corrected chi connectivity index (χ3v) is 3.38. The Morgan fingerprint density at radius 3 is 2.55 bits per heavy atom. The smallest absolute Gasteiger partial charge is 0.110 e. The summed E-state index contributed by atoms with van der Waals surface area (Å²) in [6.07, 6.45) is 1.87. The average Bonchev–Trinajstić information content (AvgIpc) is 2.85. The zero-order valence-corrected chi connectivity index (χ0v) is 12.5. The van der Waals surface area contributed by atoms with Crippen LogP contribution in [0.2, 0.25) is 0 Å². The van der Waals surface area contributed by atoms with Crippen molar-refractivity contribution in [1.29, 1.82) is 5.26 Å². The summed E-state index contributed by atoms with van der Waals surface area (Å²) in [5.41, 5.74) is 3.74. The molecule has 0 saturated carbocycles. The number of halogens is 2. The molecule has 0 spiro atoms. The Balaban J connectivity index is 0.000001000. The third kappa shape index (κ3) is 2.96. The van der Waals surface area contributed by atoms with E-state index in [-0.39, 0.29) is 24.8 Å². The van der Waals surface area contributed by atoms with Gasteiger partial charge in [0.25, 0.3) is 0 Å². The van der Waals surface area contributed by atoms with Crippen LogP contribution in [0.15, 0.2) is 29.8 Å². The molecule has 0 aliphatic carbocycles. The van der Waals surface area contributed by atoms with Crippen molar-refractivity contribution < 1.29 is 0 Å². The molecule has 4 nitrogen and oxygen atoms in total. The largest absolute Gasteiger partial charge is 0.316 e. The van der Waals surface area contributed by atoms with Crippen LogP contribution in [0.1, 0.15) is 18.5 Å². The van der Waals surface area contributed by atoms with E-state index in [0.29, 0.717) is 0 Å². The van der Waals surface area contributed by atoms with E-state index >= 15 is 0 Å². The molecule has 20 heavy (non-hydrogen) atoms. The Labute approximate surface area is 130 Å². The van der Waals surface area contributed by atoms with Gasteiger partial charge in [-0.05, 0) is 37.6 Å². The molecular weight excluding hydrogens is 295 g/mol. The molecule has 6 heteroatoms. The lowest BCUT2D eigenvalue weighted by Gasteiger charge is -2.16. The Bertz CT molecular complexity index is 646. The second-order valence-corrected chi connectivity index (χ2v) is 4.46. The monoisotopic (exact) mass is 310 g/mol. The van der Waals surface area contributed by atoms with Crippen LogP contribution in [0.25, 0.3) is 16.5 Å². The number of rotatable bonds is 1. The summed E-state index contributed by atoms with van der Waals surface area (Å²) in [4.78, 5) is 0. The Morgan fingerprint density at radius 1 is 1.15 bits per heavy atom. The van der Waals surface area contributed by atoms with Crippen LogP contribution in [0, 0.1) is 11.3 Å². The van der Waals surface area contributed by atoms with Crippen molar-refractivity contribution >= 4 is 41.3 Å². The molecule has 1 aliphatic heterocycles. The number of nitrogens with zero attached hydrogens (tertiary/aromatic N) is 2. The summed E-state index contributed by atoms with van der Waals surface area (Å²) in [5.74, 6) is 0. The van der Waals surface area contributed by atoms with E-state index in [0.717, 1.165) is 48.1 Å². The van der Waals surface area contributed by atoms with Gasteiger partial charge in [-0.25, -0.2) is 0 Å².